The van der Waals surface area contributed by atoms with Crippen LogP contribution in [0.2, 0.25) is 0 Å². The van der Waals surface area contributed by atoms with Crippen molar-refractivity contribution in [3.8, 4) is 5.69 Å². The van der Waals surface area contributed by atoms with E-state index in [1.807, 2.05) is 32.1 Å². The van der Waals surface area contributed by atoms with Gasteiger partial charge >= 0.3 is 0 Å². The molecule has 0 bridgehead atoms. The summed E-state index contributed by atoms with van der Waals surface area (Å²) in [7, 11) is -2.34. The normalized spacial score (nSPS) is 13.4. The van der Waals surface area contributed by atoms with Gasteiger partial charge in [-0.2, -0.15) is 5.10 Å². The predicted molar refractivity (Wildman–Crippen MR) is 138 cm³/mol. The maximum Gasteiger partial charge on any atom is 0.251 e. The second-order valence-corrected chi connectivity index (χ2v) is 10.8. The van der Waals surface area contributed by atoms with Crippen LogP contribution in [0.25, 0.3) is 11.3 Å². The first-order valence-electron chi connectivity index (χ1n) is 11.0. The highest BCUT2D eigenvalue weighted by atomic mass is 32.2. The van der Waals surface area contributed by atoms with Crippen LogP contribution in [0.5, 0.6) is 0 Å². The zero-order chi connectivity index (χ0) is 24.9. The molecule has 5 nitrogen and oxygen atoms in total. The zero-order valence-corrected chi connectivity index (χ0v) is 20.6. The summed E-state index contributed by atoms with van der Waals surface area (Å²) in [4.78, 5) is 13.9. The molecule has 0 saturated carbocycles. The first kappa shape index (κ1) is 25.2. The van der Waals surface area contributed by atoms with Crippen molar-refractivity contribution >= 4 is 26.9 Å². The van der Waals surface area contributed by atoms with Crippen LogP contribution in [0, 0.1) is 12.7 Å². The fourth-order valence-corrected chi connectivity index (χ4v) is 4.20. The lowest BCUT2D eigenvalue weighted by Crippen LogP contribution is -2.24. The molecule has 0 radical (unpaired) electrons. The molecule has 0 fully saturated rings. The van der Waals surface area contributed by atoms with Gasteiger partial charge in [-0.05, 0) is 77.1 Å². The van der Waals surface area contributed by atoms with Gasteiger partial charge < -0.3 is 5.32 Å². The number of nitrogens with zero attached hydrogens (tertiary/aromatic N) is 2. The molecule has 1 N–H and O–H groups in total. The van der Waals surface area contributed by atoms with Gasteiger partial charge in [0.15, 0.2) is 0 Å². The first-order valence-corrected chi connectivity index (χ1v) is 13.1. The summed E-state index contributed by atoms with van der Waals surface area (Å²) in [6.45, 7) is 8.21. The minimum atomic E-state index is -2.34. The molecule has 2 aromatic carbocycles. The Morgan fingerprint density at radius 2 is 1.94 bits per heavy atom. The van der Waals surface area contributed by atoms with Crippen molar-refractivity contribution < 1.29 is 13.4 Å². The molecule has 0 saturated heterocycles. The number of halogens is 1. The number of aromatic nitrogens is 2. The number of allylic oxidation sites excluding steroid dienone is 2. The second kappa shape index (κ2) is 10.7. The van der Waals surface area contributed by atoms with Crippen LogP contribution in [0.15, 0.2) is 77.9 Å². The SMILES string of the molecule is C=C(CC)CC=C(C(=O)NCc1cccc(S(=C)(C)=O)c1)c1cnn(-c2ccc(F)cc2)c1C. The summed E-state index contributed by atoms with van der Waals surface area (Å²) in [5.74, 6) is 3.16. The van der Waals surface area contributed by atoms with Crippen LogP contribution < -0.4 is 5.32 Å². The third-order valence-corrected chi connectivity index (χ3v) is 6.81. The standard InChI is InChI=1S/C27H30FN3O2S/c1-6-19(2)10-15-25(26-18-30-31(20(26)3)23-13-11-22(28)12-14-23)27(32)29-17-21-8-7-9-24(16-21)34(4,5)33/h7-9,11-16,18H,2,4,6,10,17H2,1,3,5H3,(H,29,32). The summed E-state index contributed by atoms with van der Waals surface area (Å²) < 4.78 is 27.3. The Morgan fingerprint density at radius 3 is 2.59 bits per heavy atom. The molecule has 0 spiro atoms. The van der Waals surface area contributed by atoms with E-state index in [-0.39, 0.29) is 18.3 Å². The van der Waals surface area contributed by atoms with E-state index in [2.05, 4.69) is 22.9 Å². The molecule has 178 valence electrons. The number of amides is 1. The van der Waals surface area contributed by atoms with Crippen LogP contribution in [0.1, 0.15) is 36.6 Å². The fraction of sp³-hybridized carbons (Fsp3) is 0.222. The van der Waals surface area contributed by atoms with Crippen LogP contribution >= 0.6 is 0 Å². The number of carbonyl (C=O) groups is 1. The van der Waals surface area contributed by atoms with Gasteiger partial charge in [0, 0.05) is 34.5 Å². The van der Waals surface area contributed by atoms with Crippen LogP contribution in [0.3, 0.4) is 0 Å². The lowest BCUT2D eigenvalue weighted by atomic mass is 10.0. The lowest BCUT2D eigenvalue weighted by molar-refractivity contribution is -0.115. The van der Waals surface area contributed by atoms with Gasteiger partial charge in [-0.1, -0.05) is 37.3 Å². The third kappa shape index (κ3) is 6.11. The topological polar surface area (TPSA) is 64.0 Å². The zero-order valence-electron chi connectivity index (χ0n) is 19.8. The Bertz CT molecular complexity index is 1340. The number of benzene rings is 2. The van der Waals surface area contributed by atoms with Gasteiger partial charge in [-0.3, -0.25) is 9.00 Å². The van der Waals surface area contributed by atoms with Gasteiger partial charge in [-0.25, -0.2) is 9.07 Å². The van der Waals surface area contributed by atoms with Crippen LogP contribution in [-0.2, 0) is 20.9 Å². The van der Waals surface area contributed by atoms with Crippen molar-refractivity contribution in [2.75, 3.05) is 6.26 Å². The van der Waals surface area contributed by atoms with E-state index in [0.717, 1.165) is 23.3 Å². The van der Waals surface area contributed by atoms with Gasteiger partial charge in [0.1, 0.15) is 5.82 Å². The Balaban J connectivity index is 1.89. The van der Waals surface area contributed by atoms with Crippen LogP contribution in [0.4, 0.5) is 4.39 Å². The quantitative estimate of drug-likeness (QED) is 0.264. The molecule has 1 aromatic heterocycles. The van der Waals surface area contributed by atoms with E-state index in [4.69, 9.17) is 0 Å². The largest absolute Gasteiger partial charge is 0.348 e. The monoisotopic (exact) mass is 479 g/mol. The van der Waals surface area contributed by atoms with E-state index in [1.165, 1.54) is 12.1 Å². The summed E-state index contributed by atoms with van der Waals surface area (Å²) in [6.07, 6.45) is 6.48. The van der Waals surface area contributed by atoms with E-state index in [1.54, 1.807) is 41.4 Å². The minimum absolute atomic E-state index is 0.247. The first-order chi connectivity index (χ1) is 16.1. The highest BCUT2D eigenvalue weighted by Gasteiger charge is 2.18. The van der Waals surface area contributed by atoms with Crippen molar-refractivity contribution in [3.63, 3.8) is 0 Å². The van der Waals surface area contributed by atoms with Crippen molar-refractivity contribution in [1.82, 2.24) is 15.1 Å². The number of rotatable bonds is 9. The van der Waals surface area contributed by atoms with Gasteiger partial charge in [-0.15, -0.1) is 0 Å². The summed E-state index contributed by atoms with van der Waals surface area (Å²) >= 11 is 0. The number of hydrogen-bond donors (Lipinski definition) is 1. The Hall–Kier alpha value is -3.45. The molecule has 3 aromatic rings. The molecule has 1 amide bonds. The second-order valence-electron chi connectivity index (χ2n) is 8.29. The summed E-state index contributed by atoms with van der Waals surface area (Å²) in [5, 5.41) is 7.40. The highest BCUT2D eigenvalue weighted by molar-refractivity contribution is 7.99. The maximum atomic E-state index is 13.3. The molecule has 3 rings (SSSR count). The predicted octanol–water partition coefficient (Wildman–Crippen LogP) is 5.08. The molecule has 34 heavy (non-hydrogen) atoms. The van der Waals surface area contributed by atoms with E-state index in [9.17, 15) is 13.4 Å². The van der Waals surface area contributed by atoms with E-state index < -0.39 is 9.52 Å². The lowest BCUT2D eigenvalue weighted by Gasteiger charge is -2.12. The average Bonchev–Trinajstić information content (AvgIpc) is 3.18. The average molecular weight is 480 g/mol. The van der Waals surface area contributed by atoms with Crippen LogP contribution in [-0.4, -0.2) is 32.0 Å². The molecule has 7 heteroatoms. The number of carbonyl (C=O) groups excluding carboxylic acids is 1. The van der Waals surface area contributed by atoms with E-state index >= 15 is 0 Å². The molecule has 0 aliphatic rings. The molecule has 1 unspecified atom stereocenters. The Kier molecular flexibility index (Phi) is 7.89. The molecular weight excluding hydrogens is 449 g/mol. The van der Waals surface area contributed by atoms with Gasteiger partial charge in [0.25, 0.3) is 5.91 Å². The fourth-order valence-electron chi connectivity index (χ4n) is 3.43. The van der Waals surface area contributed by atoms with Gasteiger partial charge in [0.2, 0.25) is 0 Å². The van der Waals surface area contributed by atoms with Crippen molar-refractivity contribution in [3.05, 3.63) is 95.6 Å². The summed E-state index contributed by atoms with van der Waals surface area (Å²) in [5.41, 5.74) is 4.49. The molecular formula is C27H30FN3O2S. The van der Waals surface area contributed by atoms with Crippen molar-refractivity contribution in [2.24, 2.45) is 0 Å². The molecule has 1 heterocycles. The molecule has 0 aliphatic carbocycles. The van der Waals surface area contributed by atoms with Gasteiger partial charge in [0.05, 0.1) is 11.9 Å². The molecule has 1 atom stereocenters. The Morgan fingerprint density at radius 1 is 1.24 bits per heavy atom. The summed E-state index contributed by atoms with van der Waals surface area (Å²) in [6, 6.07) is 13.3. The minimum Gasteiger partial charge on any atom is -0.348 e. The maximum absolute atomic E-state index is 13.3. The smallest absolute Gasteiger partial charge is 0.251 e. The highest BCUT2D eigenvalue weighted by Crippen LogP contribution is 2.24. The van der Waals surface area contributed by atoms with Crippen molar-refractivity contribution in [2.45, 2.75) is 38.1 Å². The third-order valence-electron chi connectivity index (χ3n) is 5.56. The number of hydrogen-bond acceptors (Lipinski definition) is 3. The molecule has 0 aliphatic heterocycles. The van der Waals surface area contributed by atoms with Crippen molar-refractivity contribution in [1.29, 1.82) is 0 Å². The number of nitrogens with one attached hydrogen (secondary N) is 1. The Labute approximate surface area is 201 Å². The van der Waals surface area contributed by atoms with E-state index in [0.29, 0.717) is 28.1 Å².